The van der Waals surface area contributed by atoms with Crippen molar-refractivity contribution >= 4 is 181 Å². The molecule has 0 saturated heterocycles. The van der Waals surface area contributed by atoms with Gasteiger partial charge in [0.15, 0.2) is 0 Å². The minimum Gasteiger partial charge on any atom is -0.111 e. The van der Waals surface area contributed by atoms with Crippen molar-refractivity contribution in [2.45, 2.75) is 31.1 Å². The highest BCUT2D eigenvalue weighted by Gasteiger charge is 2.55. The van der Waals surface area contributed by atoms with Gasteiger partial charge in [-0.25, -0.2) is 0 Å². The molecular formula is C41H18B14. The third-order valence-corrected chi connectivity index (χ3v) is 11.8. The van der Waals surface area contributed by atoms with Gasteiger partial charge in [0.2, 0.25) is 0 Å². The number of allylic oxidation sites excluding steroid dienone is 5. The molecule has 0 amide bonds. The summed E-state index contributed by atoms with van der Waals surface area (Å²) in [6, 6.07) is 12.8. The molecule has 5 aromatic rings. The number of fused-ring (bicyclic) bond motifs is 11. The fourth-order valence-corrected chi connectivity index (χ4v) is 9.58. The van der Waals surface area contributed by atoms with Crippen LogP contribution < -0.4 is 65.6 Å². The lowest BCUT2D eigenvalue weighted by atomic mass is 9.57. The van der Waals surface area contributed by atoms with Gasteiger partial charge in [-0.15, -0.1) is 44.8 Å². The molecule has 0 nitrogen and oxygen atoms in total. The van der Waals surface area contributed by atoms with Crippen LogP contribution in [0.1, 0.15) is 52.8 Å². The van der Waals surface area contributed by atoms with E-state index in [-0.39, 0.29) is 28.3 Å². The molecule has 55 heavy (non-hydrogen) atoms. The van der Waals surface area contributed by atoms with Crippen LogP contribution >= 0.6 is 0 Å². The van der Waals surface area contributed by atoms with E-state index < -0.39 is 10.8 Å². The third kappa shape index (κ3) is 4.91. The third-order valence-electron chi connectivity index (χ3n) is 11.8. The first-order valence-corrected chi connectivity index (χ1v) is 17.5. The minimum absolute atomic E-state index is 0.116. The van der Waals surface area contributed by atoms with Gasteiger partial charge >= 0.3 is 0 Å². The summed E-state index contributed by atoms with van der Waals surface area (Å²) in [7, 11) is 93.8. The van der Waals surface area contributed by atoms with Crippen molar-refractivity contribution < 1.29 is 0 Å². The second kappa shape index (κ2) is 12.6. The van der Waals surface area contributed by atoms with Crippen molar-refractivity contribution in [1.82, 2.24) is 0 Å². The van der Waals surface area contributed by atoms with Crippen LogP contribution in [0.5, 0.6) is 0 Å². The summed E-state index contributed by atoms with van der Waals surface area (Å²) in [6.45, 7) is 8.02. The number of hydrogen-bond acceptors (Lipinski definition) is 0. The summed E-state index contributed by atoms with van der Waals surface area (Å²) in [5.74, 6) is 0. The van der Waals surface area contributed by atoms with Crippen LogP contribution in [0.3, 0.4) is 0 Å². The summed E-state index contributed by atoms with van der Waals surface area (Å²) in [4.78, 5) is 0. The van der Waals surface area contributed by atoms with Gasteiger partial charge in [-0.2, -0.15) is 0 Å². The van der Waals surface area contributed by atoms with Crippen LogP contribution in [-0.2, 0) is 17.3 Å². The fraction of sp³-hybridized carbons (Fsp3) is 0.122. The van der Waals surface area contributed by atoms with Gasteiger partial charge in [-0.3, -0.25) is 0 Å². The van der Waals surface area contributed by atoms with Crippen LogP contribution in [-0.4, -0.2) is 110 Å². The summed E-state index contributed by atoms with van der Waals surface area (Å²) < 4.78 is 0. The van der Waals surface area contributed by atoms with E-state index in [9.17, 15) is 0 Å². The molecule has 14 heteroatoms. The molecule has 0 bridgehead atoms. The maximum absolute atomic E-state index is 7.26. The monoisotopic (exact) mass is 664 g/mol. The minimum atomic E-state index is -1.28. The molecule has 1 atom stereocenters. The molecule has 0 N–H and O–H groups in total. The quantitative estimate of drug-likeness (QED) is 0.166. The predicted octanol–water partition coefficient (Wildman–Crippen LogP) is -5.42. The van der Waals surface area contributed by atoms with E-state index in [1.807, 2.05) is 38.1 Å². The van der Waals surface area contributed by atoms with Crippen molar-refractivity contribution in [1.29, 1.82) is 0 Å². The van der Waals surface area contributed by atoms with E-state index in [1.54, 1.807) is 24.3 Å². The van der Waals surface area contributed by atoms with Crippen molar-refractivity contribution in [3.8, 4) is 22.3 Å². The standard InChI is InChI=1S/C41H18B14/c1-13(42)8-19-26(17-12-24(48)34(50)36(52)30(17)40(19,2)3)22(46)9-14-4-6-20(44)31-25(14)16-10-15(43)11-23(47)29(16)41(31)18-5-7-21(45)33(49)27(18)28-32(41)37(53)39(55)38(54)35(28)51/h4-8,10-12H,1,9H2,2-3H3/b19-8+,26-22-. The SMILES string of the molecule is [B]C(=C)/C=C1\C(=C(/[B])Cc2ccc([B])c3c2-c2cc([B])cc([B])c2C32c3ccc([B])c([B])c3-c3c([B])c([B])c([B])c([B])c32)c2cc([B])c([B])c([B])c2C1(C)C. The van der Waals surface area contributed by atoms with E-state index in [2.05, 4.69) is 6.58 Å². The highest BCUT2D eigenvalue weighted by Crippen LogP contribution is 2.61. The highest BCUT2D eigenvalue weighted by molar-refractivity contribution is 6.65. The largest absolute Gasteiger partial charge is 0.114 e. The molecule has 224 valence electrons. The maximum Gasteiger partial charge on any atom is 0.114 e. The maximum atomic E-state index is 7.26. The predicted molar refractivity (Wildman–Crippen MR) is 246 cm³/mol. The van der Waals surface area contributed by atoms with Crippen LogP contribution in [0.4, 0.5) is 0 Å². The van der Waals surface area contributed by atoms with Crippen LogP contribution in [0, 0.1) is 0 Å². The molecule has 0 heterocycles. The molecule has 8 rings (SSSR count). The molecule has 3 aliphatic carbocycles. The average Bonchev–Trinajstić information content (AvgIpc) is 3.66. The zero-order chi connectivity index (χ0) is 40.0. The van der Waals surface area contributed by atoms with Crippen molar-refractivity contribution in [2.24, 2.45) is 0 Å². The number of benzene rings is 5. The van der Waals surface area contributed by atoms with E-state index in [4.69, 9.17) is 110 Å². The van der Waals surface area contributed by atoms with Gasteiger partial charge < -0.3 is 0 Å². The van der Waals surface area contributed by atoms with Crippen LogP contribution in [0.2, 0.25) is 0 Å². The summed E-state index contributed by atoms with van der Waals surface area (Å²) in [5.41, 5.74) is 11.4. The molecule has 3 aliphatic rings. The Morgan fingerprint density at radius 3 is 1.87 bits per heavy atom. The van der Waals surface area contributed by atoms with Gasteiger partial charge in [0.05, 0.1) is 5.41 Å². The van der Waals surface area contributed by atoms with Gasteiger partial charge in [0.25, 0.3) is 0 Å². The smallest absolute Gasteiger partial charge is 0.111 e. The lowest BCUT2D eigenvalue weighted by Crippen LogP contribution is -2.52. The molecule has 1 spiro atoms. The van der Waals surface area contributed by atoms with Gasteiger partial charge in [0.1, 0.15) is 110 Å². The molecule has 0 aromatic heterocycles. The first-order valence-electron chi connectivity index (χ1n) is 17.5. The molecule has 0 fully saturated rings. The Morgan fingerprint density at radius 1 is 0.564 bits per heavy atom. The molecule has 0 saturated carbocycles. The van der Waals surface area contributed by atoms with E-state index in [0.717, 1.165) is 39.0 Å². The van der Waals surface area contributed by atoms with Gasteiger partial charge in [0, 0.05) is 5.41 Å². The Kier molecular flexibility index (Phi) is 8.74. The Morgan fingerprint density at radius 2 is 1.20 bits per heavy atom. The molecule has 28 radical (unpaired) electrons. The highest BCUT2D eigenvalue weighted by atomic mass is 14.5. The average molecular weight is 662 g/mol. The Labute approximate surface area is 343 Å². The molecule has 5 aromatic carbocycles. The summed E-state index contributed by atoms with van der Waals surface area (Å²) in [6.07, 6.45) is 2.03. The molecule has 1 unspecified atom stereocenters. The number of rotatable bonds is 3. The molecule has 0 aliphatic heterocycles. The first-order chi connectivity index (χ1) is 25.8. The topological polar surface area (TPSA) is 0 Å². The van der Waals surface area contributed by atoms with E-state index in [0.29, 0.717) is 88.0 Å². The second-order valence-corrected chi connectivity index (χ2v) is 15.3. The van der Waals surface area contributed by atoms with Crippen LogP contribution in [0.15, 0.2) is 71.6 Å². The number of hydrogen-bond donors (Lipinski definition) is 0. The van der Waals surface area contributed by atoms with E-state index >= 15 is 0 Å². The zero-order valence-electron chi connectivity index (χ0n) is 30.6. The lowest BCUT2D eigenvalue weighted by Gasteiger charge is -2.36. The Bertz CT molecular complexity index is 2720. The van der Waals surface area contributed by atoms with Crippen molar-refractivity contribution in [2.75, 3.05) is 0 Å². The molecular weight excluding hydrogens is 644 g/mol. The second-order valence-electron chi connectivity index (χ2n) is 15.3. The Balaban J connectivity index is 1.51. The summed E-state index contributed by atoms with van der Waals surface area (Å²) >= 11 is 0. The van der Waals surface area contributed by atoms with Crippen molar-refractivity contribution in [3.05, 3.63) is 111 Å². The normalized spacial score (nSPS) is 18.5. The van der Waals surface area contributed by atoms with E-state index in [1.165, 1.54) is 0 Å². The van der Waals surface area contributed by atoms with Crippen LogP contribution in [0.25, 0.3) is 27.8 Å². The fourth-order valence-electron chi connectivity index (χ4n) is 9.58. The lowest BCUT2D eigenvalue weighted by molar-refractivity contribution is 0.665. The zero-order valence-corrected chi connectivity index (χ0v) is 30.6. The van der Waals surface area contributed by atoms with Gasteiger partial charge in [-0.05, 0) is 78.8 Å². The first kappa shape index (κ1) is 38.1. The Hall–Kier alpha value is -3.77. The summed E-state index contributed by atoms with van der Waals surface area (Å²) in [5, 5.41) is 0. The van der Waals surface area contributed by atoms with Crippen molar-refractivity contribution in [3.63, 3.8) is 0 Å². The van der Waals surface area contributed by atoms with Gasteiger partial charge in [-0.1, -0.05) is 101 Å².